The number of benzene rings is 2. The van der Waals surface area contributed by atoms with Crippen LogP contribution in [0.5, 0.6) is 0 Å². The third-order valence-electron chi connectivity index (χ3n) is 2.78. The van der Waals surface area contributed by atoms with Gasteiger partial charge in [-0.2, -0.15) is 0 Å². The quantitative estimate of drug-likeness (QED) is 0.840. The summed E-state index contributed by atoms with van der Waals surface area (Å²) in [5.74, 6) is -0.714. The standard InChI is InChI=1S/C15H13BrFNO/c1-10-5-6-12(17)8-14(10)15(19)18-13-4-2-3-11(7-13)9-16/h2-8H,9H2,1H3,(H,18,19). The van der Waals surface area contributed by atoms with Gasteiger partial charge >= 0.3 is 0 Å². The summed E-state index contributed by atoms with van der Waals surface area (Å²) in [7, 11) is 0. The minimum Gasteiger partial charge on any atom is -0.322 e. The predicted octanol–water partition coefficient (Wildman–Crippen LogP) is 4.28. The van der Waals surface area contributed by atoms with Crippen molar-refractivity contribution in [3.05, 3.63) is 65.0 Å². The summed E-state index contributed by atoms with van der Waals surface area (Å²) in [6.07, 6.45) is 0. The van der Waals surface area contributed by atoms with E-state index >= 15 is 0 Å². The fraction of sp³-hybridized carbons (Fsp3) is 0.133. The fourth-order valence-electron chi connectivity index (χ4n) is 1.77. The van der Waals surface area contributed by atoms with Crippen LogP contribution in [0.3, 0.4) is 0 Å². The Labute approximate surface area is 119 Å². The molecule has 0 aliphatic heterocycles. The predicted molar refractivity (Wildman–Crippen MR) is 78.2 cm³/mol. The zero-order valence-electron chi connectivity index (χ0n) is 10.4. The first-order valence-electron chi connectivity index (χ1n) is 5.82. The van der Waals surface area contributed by atoms with Gasteiger partial charge in [0.15, 0.2) is 0 Å². The molecule has 0 fully saturated rings. The Morgan fingerprint density at radius 2 is 2.05 bits per heavy atom. The molecular formula is C15H13BrFNO. The molecule has 2 aromatic carbocycles. The van der Waals surface area contributed by atoms with E-state index in [2.05, 4.69) is 21.2 Å². The molecule has 1 N–H and O–H groups in total. The molecule has 19 heavy (non-hydrogen) atoms. The van der Waals surface area contributed by atoms with Gasteiger partial charge in [-0.1, -0.05) is 34.1 Å². The Balaban J connectivity index is 2.23. The topological polar surface area (TPSA) is 29.1 Å². The van der Waals surface area contributed by atoms with E-state index in [0.717, 1.165) is 16.5 Å². The van der Waals surface area contributed by atoms with Crippen LogP contribution in [0.4, 0.5) is 10.1 Å². The van der Waals surface area contributed by atoms with E-state index in [9.17, 15) is 9.18 Å². The molecule has 0 radical (unpaired) electrons. The number of carbonyl (C=O) groups excluding carboxylic acids is 1. The van der Waals surface area contributed by atoms with Crippen molar-refractivity contribution in [3.8, 4) is 0 Å². The molecule has 0 aliphatic carbocycles. The van der Waals surface area contributed by atoms with E-state index in [4.69, 9.17) is 0 Å². The maximum Gasteiger partial charge on any atom is 0.256 e. The molecule has 2 nitrogen and oxygen atoms in total. The molecule has 0 saturated carbocycles. The minimum atomic E-state index is -0.412. The molecule has 0 saturated heterocycles. The van der Waals surface area contributed by atoms with Crippen LogP contribution in [0.15, 0.2) is 42.5 Å². The van der Waals surface area contributed by atoms with Crippen LogP contribution in [0, 0.1) is 12.7 Å². The van der Waals surface area contributed by atoms with E-state index in [1.54, 1.807) is 19.1 Å². The average Bonchev–Trinajstić information content (AvgIpc) is 2.41. The Hall–Kier alpha value is -1.68. The molecule has 1 amide bonds. The highest BCUT2D eigenvalue weighted by Crippen LogP contribution is 2.16. The van der Waals surface area contributed by atoms with Crippen molar-refractivity contribution < 1.29 is 9.18 Å². The number of halogens is 2. The number of hydrogen-bond acceptors (Lipinski definition) is 1. The fourth-order valence-corrected chi connectivity index (χ4v) is 2.12. The van der Waals surface area contributed by atoms with Crippen LogP contribution < -0.4 is 5.32 Å². The number of aryl methyl sites for hydroxylation is 1. The van der Waals surface area contributed by atoms with Crippen LogP contribution >= 0.6 is 15.9 Å². The van der Waals surface area contributed by atoms with Gasteiger partial charge in [-0.3, -0.25) is 4.79 Å². The highest BCUT2D eigenvalue weighted by atomic mass is 79.9. The zero-order valence-corrected chi connectivity index (χ0v) is 12.0. The van der Waals surface area contributed by atoms with Gasteiger partial charge in [0.05, 0.1) is 0 Å². The lowest BCUT2D eigenvalue weighted by atomic mass is 10.1. The highest BCUT2D eigenvalue weighted by molar-refractivity contribution is 9.08. The minimum absolute atomic E-state index is 0.302. The van der Waals surface area contributed by atoms with Gasteiger partial charge in [-0.25, -0.2) is 4.39 Å². The number of alkyl halides is 1. The second-order valence-electron chi connectivity index (χ2n) is 4.25. The highest BCUT2D eigenvalue weighted by Gasteiger charge is 2.10. The molecule has 2 aromatic rings. The summed E-state index contributed by atoms with van der Waals surface area (Å²) in [5.41, 5.74) is 2.86. The number of anilines is 1. The SMILES string of the molecule is Cc1ccc(F)cc1C(=O)Nc1cccc(CBr)c1. The number of carbonyl (C=O) groups is 1. The van der Waals surface area contributed by atoms with Crippen molar-refractivity contribution in [3.63, 3.8) is 0 Å². The molecule has 98 valence electrons. The number of rotatable bonds is 3. The second-order valence-corrected chi connectivity index (χ2v) is 4.81. The van der Waals surface area contributed by atoms with Crippen molar-refractivity contribution in [2.45, 2.75) is 12.3 Å². The van der Waals surface area contributed by atoms with Crippen molar-refractivity contribution in [2.24, 2.45) is 0 Å². The molecule has 4 heteroatoms. The van der Waals surface area contributed by atoms with Gasteiger partial charge in [-0.15, -0.1) is 0 Å². The lowest BCUT2D eigenvalue weighted by Crippen LogP contribution is -2.13. The van der Waals surface area contributed by atoms with Crippen LogP contribution in [-0.2, 0) is 5.33 Å². The first-order valence-corrected chi connectivity index (χ1v) is 6.94. The molecule has 0 heterocycles. The lowest BCUT2D eigenvalue weighted by molar-refractivity contribution is 0.102. The van der Waals surface area contributed by atoms with Crippen molar-refractivity contribution in [2.75, 3.05) is 5.32 Å². The Kier molecular flexibility index (Phi) is 4.32. The van der Waals surface area contributed by atoms with Crippen molar-refractivity contribution in [1.82, 2.24) is 0 Å². The monoisotopic (exact) mass is 321 g/mol. The third-order valence-corrected chi connectivity index (χ3v) is 3.43. The molecule has 2 rings (SSSR count). The summed E-state index contributed by atoms with van der Waals surface area (Å²) in [6, 6.07) is 11.7. The maximum absolute atomic E-state index is 13.2. The average molecular weight is 322 g/mol. The molecule has 0 spiro atoms. The molecule has 0 aromatic heterocycles. The third kappa shape index (κ3) is 3.41. The van der Waals surface area contributed by atoms with Crippen LogP contribution in [0.1, 0.15) is 21.5 Å². The first-order chi connectivity index (χ1) is 9.10. The van der Waals surface area contributed by atoms with Crippen LogP contribution in [0.2, 0.25) is 0 Å². The Morgan fingerprint density at radius 3 is 2.79 bits per heavy atom. The zero-order chi connectivity index (χ0) is 13.8. The van der Waals surface area contributed by atoms with E-state index in [1.807, 2.05) is 18.2 Å². The van der Waals surface area contributed by atoms with E-state index in [-0.39, 0.29) is 5.91 Å². The van der Waals surface area contributed by atoms with Crippen molar-refractivity contribution in [1.29, 1.82) is 0 Å². The van der Waals surface area contributed by atoms with E-state index in [0.29, 0.717) is 11.3 Å². The number of nitrogens with one attached hydrogen (secondary N) is 1. The summed E-state index contributed by atoms with van der Waals surface area (Å²) >= 11 is 3.36. The van der Waals surface area contributed by atoms with Gasteiger partial charge in [0.25, 0.3) is 5.91 Å². The summed E-state index contributed by atoms with van der Waals surface area (Å²) in [6.45, 7) is 1.78. The normalized spacial score (nSPS) is 10.3. The van der Waals surface area contributed by atoms with Crippen LogP contribution in [-0.4, -0.2) is 5.91 Å². The molecular weight excluding hydrogens is 309 g/mol. The van der Waals surface area contributed by atoms with Gasteiger partial charge in [0.2, 0.25) is 0 Å². The first kappa shape index (κ1) is 13.7. The lowest BCUT2D eigenvalue weighted by Gasteiger charge is -2.08. The van der Waals surface area contributed by atoms with Crippen LogP contribution in [0.25, 0.3) is 0 Å². The molecule has 0 aliphatic rings. The summed E-state index contributed by atoms with van der Waals surface area (Å²) < 4.78 is 13.2. The molecule has 0 unspecified atom stereocenters. The largest absolute Gasteiger partial charge is 0.322 e. The van der Waals surface area contributed by atoms with Crippen molar-refractivity contribution >= 4 is 27.5 Å². The van der Waals surface area contributed by atoms with E-state index < -0.39 is 5.82 Å². The summed E-state index contributed by atoms with van der Waals surface area (Å²) in [4.78, 5) is 12.1. The Morgan fingerprint density at radius 1 is 1.26 bits per heavy atom. The molecule has 0 bridgehead atoms. The van der Waals surface area contributed by atoms with Gasteiger partial charge in [0, 0.05) is 16.6 Å². The maximum atomic E-state index is 13.2. The molecule has 0 atom stereocenters. The van der Waals surface area contributed by atoms with Gasteiger partial charge < -0.3 is 5.32 Å². The summed E-state index contributed by atoms with van der Waals surface area (Å²) in [5, 5.41) is 3.49. The number of amides is 1. The van der Waals surface area contributed by atoms with Gasteiger partial charge in [0.1, 0.15) is 5.82 Å². The number of hydrogen-bond donors (Lipinski definition) is 1. The second kappa shape index (κ2) is 5.97. The van der Waals surface area contributed by atoms with Gasteiger partial charge in [-0.05, 0) is 42.3 Å². The Bertz CT molecular complexity index is 613. The van der Waals surface area contributed by atoms with E-state index in [1.165, 1.54) is 12.1 Å². The smallest absolute Gasteiger partial charge is 0.256 e.